The lowest BCUT2D eigenvalue weighted by Crippen LogP contribution is -2.62. The molecular formula is C70H113N15O21S. The molecule has 2 aromatic rings. The molecule has 0 unspecified atom stereocenters. The van der Waals surface area contributed by atoms with Crippen molar-refractivity contribution in [2.45, 2.75) is 224 Å². The van der Waals surface area contributed by atoms with E-state index in [1.807, 2.05) is 13.8 Å². The summed E-state index contributed by atoms with van der Waals surface area (Å²) in [6.07, 6.45) is -1.01. The average molecular weight is 1530 g/mol. The Labute approximate surface area is 626 Å². The van der Waals surface area contributed by atoms with Gasteiger partial charge in [-0.25, -0.2) is 4.79 Å². The first-order valence-electron chi connectivity index (χ1n) is 35.4. The lowest BCUT2D eigenvalue weighted by Gasteiger charge is -2.29. The van der Waals surface area contributed by atoms with Gasteiger partial charge in [0.25, 0.3) is 0 Å². The van der Waals surface area contributed by atoms with Crippen molar-refractivity contribution in [3.63, 3.8) is 0 Å². The second-order valence-corrected chi connectivity index (χ2v) is 28.5. The van der Waals surface area contributed by atoms with Crippen molar-refractivity contribution in [3.8, 4) is 5.75 Å². The molecule has 36 nitrogen and oxygen atoms in total. The fourth-order valence-electron chi connectivity index (χ4n) is 10.5. The van der Waals surface area contributed by atoms with Gasteiger partial charge in [-0.2, -0.15) is 11.8 Å². The number of carboxylic acids is 1. The van der Waals surface area contributed by atoms with E-state index in [0.717, 1.165) is 13.8 Å². The number of aliphatic hydroxyl groups excluding tert-OH is 5. The Balaban J connectivity index is 2.39. The molecule has 2 rings (SSSR count). The van der Waals surface area contributed by atoms with Crippen LogP contribution in [0, 0.1) is 17.8 Å². The van der Waals surface area contributed by atoms with Crippen LogP contribution in [0.25, 0.3) is 0 Å². The van der Waals surface area contributed by atoms with Gasteiger partial charge in [0, 0.05) is 12.8 Å². The van der Waals surface area contributed by atoms with Crippen molar-refractivity contribution in [1.82, 2.24) is 69.1 Å². The van der Waals surface area contributed by atoms with E-state index in [-0.39, 0.29) is 75.0 Å². The molecule has 107 heavy (non-hydrogen) atoms. The quantitative estimate of drug-likeness (QED) is 0.0275. The molecule has 37 heteroatoms. The molecule has 0 fully saturated rings. The fraction of sp³-hybridized carbons (Fsp3) is 0.629. The Morgan fingerprint density at radius 2 is 0.720 bits per heavy atom. The molecule has 24 N–H and O–H groups in total. The van der Waals surface area contributed by atoms with Gasteiger partial charge >= 0.3 is 5.97 Å². The number of unbranched alkanes of at least 4 members (excludes halogenated alkanes) is 1. The van der Waals surface area contributed by atoms with E-state index >= 15 is 0 Å². The molecule has 2 aromatic carbocycles. The first-order chi connectivity index (χ1) is 50.3. The van der Waals surface area contributed by atoms with Gasteiger partial charge in [0.1, 0.15) is 84.3 Å². The maximum Gasteiger partial charge on any atom is 0.328 e. The summed E-state index contributed by atoms with van der Waals surface area (Å²) in [5.74, 6) is -14.7. The third-order valence-corrected chi connectivity index (χ3v) is 17.2. The lowest BCUT2D eigenvalue weighted by atomic mass is 10.00. The van der Waals surface area contributed by atoms with E-state index in [0.29, 0.717) is 29.7 Å². The number of nitrogens with two attached hydrogens (primary N) is 2. The second-order valence-electron chi connectivity index (χ2n) is 27.5. The molecule has 0 aliphatic rings. The summed E-state index contributed by atoms with van der Waals surface area (Å²) in [5, 5.41) is 102. The van der Waals surface area contributed by atoms with Gasteiger partial charge in [-0.1, -0.05) is 84.0 Å². The number of hydrogen-bond donors (Lipinski definition) is 22. The van der Waals surface area contributed by atoms with E-state index in [2.05, 4.69) is 69.1 Å². The molecule has 0 saturated heterocycles. The number of benzene rings is 2. The van der Waals surface area contributed by atoms with E-state index in [4.69, 9.17) is 11.5 Å². The monoisotopic (exact) mass is 1530 g/mol. The van der Waals surface area contributed by atoms with Gasteiger partial charge in [-0.3, -0.25) is 62.3 Å². The minimum absolute atomic E-state index is 0.0165. The number of aliphatic carboxylic acids is 1. The first kappa shape index (κ1) is 94.0. The van der Waals surface area contributed by atoms with Crippen LogP contribution in [0.15, 0.2) is 54.6 Å². The fourth-order valence-corrected chi connectivity index (χ4v) is 11.0. The predicted octanol–water partition coefficient (Wildman–Crippen LogP) is -5.31. The van der Waals surface area contributed by atoms with Gasteiger partial charge in [0.05, 0.1) is 32.0 Å². The number of carbonyl (C=O) groups excluding carboxylic acids is 13. The van der Waals surface area contributed by atoms with Crippen molar-refractivity contribution in [1.29, 1.82) is 0 Å². The Kier molecular flexibility index (Phi) is 42.4. The molecule has 0 spiro atoms. The number of hydrogen-bond acceptors (Lipinski definition) is 23. The summed E-state index contributed by atoms with van der Waals surface area (Å²) in [4.78, 5) is 192. The highest BCUT2D eigenvalue weighted by Gasteiger charge is 2.38. The summed E-state index contributed by atoms with van der Waals surface area (Å²) in [5.41, 5.74) is 12.3. The number of nitrogens with one attached hydrogen (secondary N) is 13. The standard InChI is InChI=1S/C70H113N15O21S/c1-35(2)27-48(77-59(94)45(72)32-86)63(98)75-46(19-15-16-25-71)61(96)78-49(28-36(3)4)64(99)76-47(24-26-107-11)60(95)73-38(7)57(92)84-55(40(9)89)69(104)81-50(29-37(5)6)65(100)79-52(30-42-17-13-12-14-18-42)66(101)82-54(34-88)68(103)83-53(33-87)67(102)80-51(31-43-20-22-44(91)23-21-43)62(97)74-39(8)58(93)85-56(41(10)90)70(105)106/h12-14,17-18,20-23,35-41,45-56,86-91H,15-16,19,24-34,71-72H2,1-11H3,(H,73,95)(H,74,97)(H,75,98)(H,76,99)(H,77,94)(H,78,96)(H,79,100)(H,80,102)(H,81,104)(H,82,101)(H,83,103)(H,84,92)(H,85,93)(H,105,106)/t38-,39-,40+,41+,45-,46-,47-,48-,49-,50-,51-,52-,53-,54-,55-,56-/m0/s1. The van der Waals surface area contributed by atoms with Crippen molar-refractivity contribution >= 4 is 94.5 Å². The van der Waals surface area contributed by atoms with Gasteiger partial charge < -0.3 is 116 Å². The third kappa shape index (κ3) is 34.1. The number of phenolic OH excluding ortho intramolecular Hbond substituents is 1. The number of phenols is 1. The molecule has 0 radical (unpaired) electrons. The van der Waals surface area contributed by atoms with Crippen LogP contribution >= 0.6 is 11.8 Å². The minimum Gasteiger partial charge on any atom is -0.508 e. The molecule has 0 heterocycles. The maximum absolute atomic E-state index is 14.5. The van der Waals surface area contributed by atoms with Crippen molar-refractivity contribution in [2.75, 3.05) is 38.4 Å². The predicted molar refractivity (Wildman–Crippen MR) is 393 cm³/mol. The van der Waals surface area contributed by atoms with E-state index in [9.17, 15) is 103 Å². The summed E-state index contributed by atoms with van der Waals surface area (Å²) in [6.45, 7) is 12.6. The average Bonchev–Trinajstić information content (AvgIpc) is 0.846. The summed E-state index contributed by atoms with van der Waals surface area (Å²) in [6, 6.07) is -7.79. The molecule has 600 valence electrons. The largest absolute Gasteiger partial charge is 0.508 e. The molecule has 0 aromatic heterocycles. The zero-order valence-corrected chi connectivity index (χ0v) is 63.3. The Morgan fingerprint density at radius 3 is 1.11 bits per heavy atom. The Bertz CT molecular complexity index is 3240. The highest BCUT2D eigenvalue weighted by molar-refractivity contribution is 7.98. The van der Waals surface area contributed by atoms with Crippen LogP contribution < -0.4 is 80.6 Å². The maximum atomic E-state index is 14.5. The van der Waals surface area contributed by atoms with E-state index in [1.165, 1.54) is 49.9 Å². The molecule has 0 aliphatic heterocycles. The van der Waals surface area contributed by atoms with Crippen LogP contribution in [0.2, 0.25) is 0 Å². The van der Waals surface area contributed by atoms with Gasteiger partial charge in [0.15, 0.2) is 6.04 Å². The molecule has 16 atom stereocenters. The number of amides is 13. The van der Waals surface area contributed by atoms with Gasteiger partial charge in [0.2, 0.25) is 76.8 Å². The Morgan fingerprint density at radius 1 is 0.383 bits per heavy atom. The zero-order valence-electron chi connectivity index (χ0n) is 62.5. The van der Waals surface area contributed by atoms with Crippen LogP contribution in [-0.4, -0.2) is 254 Å². The van der Waals surface area contributed by atoms with E-state index < -0.39 is 199 Å². The highest BCUT2D eigenvalue weighted by Crippen LogP contribution is 2.16. The number of aliphatic hydroxyl groups is 5. The van der Waals surface area contributed by atoms with Crippen LogP contribution in [0.1, 0.15) is 125 Å². The van der Waals surface area contributed by atoms with Crippen LogP contribution in [0.4, 0.5) is 0 Å². The van der Waals surface area contributed by atoms with Crippen molar-refractivity contribution in [3.05, 3.63) is 65.7 Å². The SMILES string of the molecule is CSCC[C@H](NC(=O)[C@H](CC(C)C)NC(=O)[C@H](CCCCN)NC(=O)[C@H](CC(C)C)NC(=O)[C@@H](N)CO)C(=O)N[C@@H](C)C(=O)N[C@H](C(=O)N[C@@H](CC(C)C)C(=O)N[C@@H](Cc1ccccc1)C(=O)N[C@@H](CO)C(=O)N[C@@H](CO)C(=O)N[C@@H](Cc1ccc(O)cc1)C(=O)N[C@@H](C)C(=O)N[C@H](C(=O)O)[C@@H](C)O)[C@@H](C)O. The molecule has 0 bridgehead atoms. The topological polar surface area (TPSA) is 589 Å². The summed E-state index contributed by atoms with van der Waals surface area (Å²) >= 11 is 1.33. The van der Waals surface area contributed by atoms with Crippen molar-refractivity contribution in [2.24, 2.45) is 29.2 Å². The van der Waals surface area contributed by atoms with Gasteiger partial charge in [-0.05, 0) is 132 Å². The van der Waals surface area contributed by atoms with Gasteiger partial charge in [-0.15, -0.1) is 0 Å². The smallest absolute Gasteiger partial charge is 0.328 e. The molecule has 13 amide bonds. The van der Waals surface area contributed by atoms with Crippen molar-refractivity contribution < 1.29 is 103 Å². The number of carbonyl (C=O) groups is 14. The number of rotatable bonds is 49. The minimum atomic E-state index is -1.90. The van der Waals surface area contributed by atoms with Crippen LogP contribution in [-0.2, 0) is 80.0 Å². The number of carboxylic acid groups (broad SMARTS) is 1. The number of thioether (sulfide) groups is 1. The zero-order chi connectivity index (χ0) is 80.9. The summed E-state index contributed by atoms with van der Waals surface area (Å²) < 4.78 is 0. The van der Waals surface area contributed by atoms with E-state index in [1.54, 1.807) is 64.3 Å². The first-order valence-corrected chi connectivity index (χ1v) is 36.8. The highest BCUT2D eigenvalue weighted by atomic mass is 32.2. The third-order valence-electron chi connectivity index (χ3n) is 16.5. The normalized spacial score (nSPS) is 15.8. The number of aromatic hydroxyl groups is 1. The molecule has 0 saturated carbocycles. The molecular weight excluding hydrogens is 1420 g/mol. The second kappa shape index (κ2) is 48.2. The molecule has 0 aliphatic carbocycles. The Hall–Kier alpha value is -9.11. The summed E-state index contributed by atoms with van der Waals surface area (Å²) in [7, 11) is 0. The van der Waals surface area contributed by atoms with Crippen LogP contribution in [0.5, 0.6) is 5.75 Å². The van der Waals surface area contributed by atoms with Crippen LogP contribution in [0.3, 0.4) is 0 Å². The lowest BCUT2D eigenvalue weighted by molar-refractivity contribution is -0.145.